The molecule has 7 heteroatoms. The van der Waals surface area contributed by atoms with Crippen LogP contribution >= 0.6 is 31.9 Å². The fourth-order valence-electron chi connectivity index (χ4n) is 2.39. The third-order valence-electron chi connectivity index (χ3n) is 3.61. The SMILES string of the molecule is CN(C1CCCNCC1)S(=O)(=O)c1cc(Br)ccc1Br. The topological polar surface area (TPSA) is 49.4 Å². The Balaban J connectivity index is 2.31. The number of rotatable bonds is 3. The predicted molar refractivity (Wildman–Crippen MR) is 87.3 cm³/mol. The highest BCUT2D eigenvalue weighted by Gasteiger charge is 2.29. The molecule has 0 saturated carbocycles. The van der Waals surface area contributed by atoms with Gasteiger partial charge in [-0.1, -0.05) is 15.9 Å². The van der Waals surface area contributed by atoms with Gasteiger partial charge in [-0.25, -0.2) is 8.42 Å². The van der Waals surface area contributed by atoms with Gasteiger partial charge in [0.15, 0.2) is 0 Å². The lowest BCUT2D eigenvalue weighted by Crippen LogP contribution is -2.37. The van der Waals surface area contributed by atoms with E-state index in [0.717, 1.165) is 36.8 Å². The van der Waals surface area contributed by atoms with E-state index >= 15 is 0 Å². The van der Waals surface area contributed by atoms with Crippen LogP contribution in [0.15, 0.2) is 32.0 Å². The predicted octanol–water partition coefficient (Wildman–Crippen LogP) is 2.97. The molecule has 1 saturated heterocycles. The molecule has 4 nitrogen and oxygen atoms in total. The minimum absolute atomic E-state index is 0.0564. The Morgan fingerprint density at radius 2 is 2.00 bits per heavy atom. The van der Waals surface area contributed by atoms with Crippen LogP contribution in [0.2, 0.25) is 0 Å². The van der Waals surface area contributed by atoms with E-state index in [1.807, 2.05) is 6.07 Å². The van der Waals surface area contributed by atoms with E-state index < -0.39 is 10.0 Å². The summed E-state index contributed by atoms with van der Waals surface area (Å²) in [6.07, 6.45) is 2.75. The maximum Gasteiger partial charge on any atom is 0.244 e. The van der Waals surface area contributed by atoms with Crippen molar-refractivity contribution in [2.75, 3.05) is 20.1 Å². The van der Waals surface area contributed by atoms with Gasteiger partial charge in [0.2, 0.25) is 10.0 Å². The lowest BCUT2D eigenvalue weighted by atomic mass is 10.1. The lowest BCUT2D eigenvalue weighted by molar-refractivity contribution is 0.341. The number of nitrogens with one attached hydrogen (secondary N) is 1. The summed E-state index contributed by atoms with van der Waals surface area (Å²) >= 11 is 6.67. The average molecular weight is 426 g/mol. The maximum atomic E-state index is 12.8. The molecule has 1 heterocycles. The normalized spacial score (nSPS) is 20.9. The minimum atomic E-state index is -3.48. The summed E-state index contributed by atoms with van der Waals surface area (Å²) in [5.41, 5.74) is 0. The molecule has 1 atom stereocenters. The van der Waals surface area contributed by atoms with Gasteiger partial charge in [-0.3, -0.25) is 0 Å². The molecule has 0 aliphatic carbocycles. The van der Waals surface area contributed by atoms with E-state index in [9.17, 15) is 8.42 Å². The van der Waals surface area contributed by atoms with Crippen LogP contribution in [0.5, 0.6) is 0 Å². The fourth-order valence-corrected chi connectivity index (χ4v) is 5.27. The van der Waals surface area contributed by atoms with Crippen molar-refractivity contribution in [3.8, 4) is 0 Å². The zero-order chi connectivity index (χ0) is 14.8. The van der Waals surface area contributed by atoms with Crippen LogP contribution < -0.4 is 5.32 Å². The number of sulfonamides is 1. The van der Waals surface area contributed by atoms with Crippen LogP contribution in [0, 0.1) is 0 Å². The summed E-state index contributed by atoms with van der Waals surface area (Å²) < 4.78 is 28.4. The second-order valence-electron chi connectivity index (χ2n) is 4.93. The summed E-state index contributed by atoms with van der Waals surface area (Å²) in [5.74, 6) is 0. The van der Waals surface area contributed by atoms with Crippen LogP contribution in [0.1, 0.15) is 19.3 Å². The number of halogens is 2. The molecule has 1 fully saturated rings. The van der Waals surface area contributed by atoms with E-state index in [2.05, 4.69) is 37.2 Å². The zero-order valence-corrected chi connectivity index (χ0v) is 15.3. The molecular weight excluding hydrogens is 408 g/mol. The molecule has 20 heavy (non-hydrogen) atoms. The van der Waals surface area contributed by atoms with Crippen molar-refractivity contribution in [3.63, 3.8) is 0 Å². The summed E-state index contributed by atoms with van der Waals surface area (Å²) in [5, 5.41) is 3.31. The Kier molecular flexibility index (Phi) is 5.64. The average Bonchev–Trinajstić information content (AvgIpc) is 2.69. The van der Waals surface area contributed by atoms with E-state index in [0.29, 0.717) is 9.37 Å². The van der Waals surface area contributed by atoms with Gasteiger partial charge in [-0.2, -0.15) is 4.31 Å². The first-order valence-corrected chi connectivity index (χ1v) is 9.59. The maximum absolute atomic E-state index is 12.8. The number of benzene rings is 1. The zero-order valence-electron chi connectivity index (χ0n) is 11.3. The van der Waals surface area contributed by atoms with Gasteiger partial charge in [-0.15, -0.1) is 0 Å². The van der Waals surface area contributed by atoms with Gasteiger partial charge >= 0.3 is 0 Å². The second-order valence-corrected chi connectivity index (χ2v) is 8.67. The van der Waals surface area contributed by atoms with Crippen molar-refractivity contribution < 1.29 is 8.42 Å². The number of nitrogens with zero attached hydrogens (tertiary/aromatic N) is 1. The first-order valence-electron chi connectivity index (χ1n) is 6.57. The van der Waals surface area contributed by atoms with Crippen LogP contribution in [0.3, 0.4) is 0 Å². The van der Waals surface area contributed by atoms with Gasteiger partial charge in [-0.05, 0) is 66.5 Å². The Morgan fingerprint density at radius 3 is 2.75 bits per heavy atom. The first-order chi connectivity index (χ1) is 9.43. The van der Waals surface area contributed by atoms with Crippen molar-refractivity contribution in [1.82, 2.24) is 9.62 Å². The third kappa shape index (κ3) is 3.62. The summed E-state index contributed by atoms with van der Waals surface area (Å²) in [6, 6.07) is 5.27. The molecule has 1 N–H and O–H groups in total. The van der Waals surface area contributed by atoms with Crippen LogP contribution in [-0.4, -0.2) is 38.9 Å². The summed E-state index contributed by atoms with van der Waals surface area (Å²) in [4.78, 5) is 0.312. The van der Waals surface area contributed by atoms with Crippen molar-refractivity contribution >= 4 is 41.9 Å². The second kappa shape index (κ2) is 6.87. The van der Waals surface area contributed by atoms with E-state index in [-0.39, 0.29) is 6.04 Å². The van der Waals surface area contributed by atoms with Crippen LogP contribution in [0.4, 0.5) is 0 Å². The number of hydrogen-bond acceptors (Lipinski definition) is 3. The largest absolute Gasteiger partial charge is 0.317 e. The molecule has 0 amide bonds. The monoisotopic (exact) mass is 424 g/mol. The van der Waals surface area contributed by atoms with Gasteiger partial charge in [0.1, 0.15) is 0 Å². The molecule has 1 unspecified atom stereocenters. The quantitative estimate of drug-likeness (QED) is 0.809. The fraction of sp³-hybridized carbons (Fsp3) is 0.538. The molecule has 0 radical (unpaired) electrons. The molecular formula is C13H18Br2N2O2S. The van der Waals surface area contributed by atoms with Crippen molar-refractivity contribution in [2.45, 2.75) is 30.2 Å². The van der Waals surface area contributed by atoms with Gasteiger partial charge in [0, 0.05) is 22.0 Å². The Hall–Kier alpha value is 0.0500. The first kappa shape index (κ1) is 16.4. The van der Waals surface area contributed by atoms with E-state index in [4.69, 9.17) is 0 Å². The molecule has 2 rings (SSSR count). The smallest absolute Gasteiger partial charge is 0.244 e. The minimum Gasteiger partial charge on any atom is -0.317 e. The molecule has 0 aromatic heterocycles. The van der Waals surface area contributed by atoms with Crippen LogP contribution in [0.25, 0.3) is 0 Å². The highest BCUT2D eigenvalue weighted by Crippen LogP contribution is 2.29. The summed E-state index contributed by atoms with van der Waals surface area (Å²) in [6.45, 7) is 1.83. The number of hydrogen-bond donors (Lipinski definition) is 1. The Bertz CT molecular complexity index is 570. The standard InChI is InChI=1S/C13H18Br2N2O2S/c1-17(11-3-2-7-16-8-6-11)20(18,19)13-9-10(14)4-5-12(13)15/h4-5,9,11,16H,2-3,6-8H2,1H3. The highest BCUT2D eigenvalue weighted by molar-refractivity contribution is 9.11. The molecule has 1 aromatic rings. The third-order valence-corrected chi connectivity index (χ3v) is 7.01. The van der Waals surface area contributed by atoms with Crippen molar-refractivity contribution in [2.24, 2.45) is 0 Å². The Morgan fingerprint density at radius 1 is 1.25 bits per heavy atom. The molecule has 1 aromatic carbocycles. The molecule has 0 spiro atoms. The highest BCUT2D eigenvalue weighted by atomic mass is 79.9. The van der Waals surface area contributed by atoms with E-state index in [1.54, 1.807) is 19.2 Å². The molecule has 112 valence electrons. The lowest BCUT2D eigenvalue weighted by Gasteiger charge is -2.26. The Labute approximate surface area is 137 Å². The van der Waals surface area contributed by atoms with Crippen molar-refractivity contribution in [1.29, 1.82) is 0 Å². The van der Waals surface area contributed by atoms with E-state index in [1.165, 1.54) is 4.31 Å². The molecule has 1 aliphatic rings. The molecule has 1 aliphatic heterocycles. The van der Waals surface area contributed by atoms with Gasteiger partial charge in [0.05, 0.1) is 4.90 Å². The summed E-state index contributed by atoms with van der Waals surface area (Å²) in [7, 11) is -1.80. The van der Waals surface area contributed by atoms with Gasteiger partial charge < -0.3 is 5.32 Å². The molecule has 0 bridgehead atoms. The van der Waals surface area contributed by atoms with Crippen LogP contribution in [-0.2, 0) is 10.0 Å². The van der Waals surface area contributed by atoms with Crippen molar-refractivity contribution in [3.05, 3.63) is 27.1 Å². The van der Waals surface area contributed by atoms with Gasteiger partial charge in [0.25, 0.3) is 0 Å².